The summed E-state index contributed by atoms with van der Waals surface area (Å²) in [6.07, 6.45) is 5.45. The van der Waals surface area contributed by atoms with Crippen molar-refractivity contribution in [2.45, 2.75) is 83.4 Å². The first-order valence-corrected chi connectivity index (χ1v) is 9.61. The Morgan fingerprint density at radius 1 is 1.27 bits per heavy atom. The molecule has 4 atom stereocenters. The van der Waals surface area contributed by atoms with Gasteiger partial charge in [-0.3, -0.25) is 14.4 Å². The molecule has 0 aromatic heterocycles. The first-order valence-electron chi connectivity index (χ1n) is 9.61. The molecule has 0 saturated heterocycles. The number of aliphatic hydroxyl groups is 1. The Bertz CT molecular complexity index is 502. The lowest BCUT2D eigenvalue weighted by Crippen LogP contribution is -2.23. The molecular weight excluding hydrogens is 339 g/mol. The van der Waals surface area contributed by atoms with Gasteiger partial charge in [-0.05, 0) is 38.0 Å². The third-order valence-electron chi connectivity index (χ3n) is 5.04. The van der Waals surface area contributed by atoms with Gasteiger partial charge >= 0.3 is 5.97 Å². The standard InChI is InChI=1S/C20H31FO5/c1-2-3-9-16(21)17(22)12-11-15-14(18(23)13-19(15)24)8-6-4-5-7-10-20(25)26/h4,6,14-16,19,24H,2-3,5,7-13H2,1H3,(H,25,26)/b6-4-/t14-,15+,16+,19-/m1/s1. The number of carbonyl (C=O) groups is 3. The molecule has 5 nitrogen and oxygen atoms in total. The van der Waals surface area contributed by atoms with Gasteiger partial charge in [-0.1, -0.05) is 31.9 Å². The van der Waals surface area contributed by atoms with E-state index in [1.54, 1.807) is 0 Å². The van der Waals surface area contributed by atoms with Gasteiger partial charge in [0.1, 0.15) is 5.78 Å². The number of carbonyl (C=O) groups excluding carboxylic acids is 2. The minimum atomic E-state index is -1.45. The zero-order valence-electron chi connectivity index (χ0n) is 15.5. The molecule has 0 unspecified atom stereocenters. The molecule has 1 rings (SSSR count). The normalized spacial score (nSPS) is 24.3. The Kier molecular flexibility index (Phi) is 10.3. The average Bonchev–Trinajstić information content (AvgIpc) is 2.86. The van der Waals surface area contributed by atoms with Crippen molar-refractivity contribution in [3.8, 4) is 0 Å². The van der Waals surface area contributed by atoms with Crippen molar-refractivity contribution in [3.05, 3.63) is 12.2 Å². The van der Waals surface area contributed by atoms with Gasteiger partial charge in [-0.25, -0.2) is 4.39 Å². The first-order chi connectivity index (χ1) is 12.4. The number of ketones is 2. The molecule has 1 aliphatic rings. The Labute approximate surface area is 154 Å². The summed E-state index contributed by atoms with van der Waals surface area (Å²) in [6, 6.07) is 0. The second-order valence-electron chi connectivity index (χ2n) is 7.12. The molecule has 0 aliphatic heterocycles. The molecule has 148 valence electrons. The van der Waals surface area contributed by atoms with Crippen LogP contribution in [0.15, 0.2) is 12.2 Å². The number of aliphatic carboxylic acids is 1. The van der Waals surface area contributed by atoms with Crippen molar-refractivity contribution >= 4 is 17.5 Å². The highest BCUT2D eigenvalue weighted by atomic mass is 19.1. The number of Topliss-reactive ketones (excluding diaryl/α,β-unsaturated/α-hetero) is 2. The van der Waals surface area contributed by atoms with E-state index in [4.69, 9.17) is 5.11 Å². The molecule has 0 radical (unpaired) electrons. The Balaban J connectivity index is 2.46. The summed E-state index contributed by atoms with van der Waals surface area (Å²) in [7, 11) is 0. The Hall–Kier alpha value is -1.56. The molecule has 0 amide bonds. The fraction of sp³-hybridized carbons (Fsp3) is 0.750. The van der Waals surface area contributed by atoms with Crippen molar-refractivity contribution in [1.29, 1.82) is 0 Å². The fourth-order valence-electron chi connectivity index (χ4n) is 3.46. The van der Waals surface area contributed by atoms with Gasteiger partial charge in [0.15, 0.2) is 12.0 Å². The lowest BCUT2D eigenvalue weighted by atomic mass is 9.86. The van der Waals surface area contributed by atoms with Crippen molar-refractivity contribution in [2.75, 3.05) is 0 Å². The van der Waals surface area contributed by atoms with E-state index in [2.05, 4.69) is 0 Å². The fourth-order valence-corrected chi connectivity index (χ4v) is 3.46. The SMILES string of the molecule is CCCC[C@H](F)C(=O)CC[C@@H]1[C@H](O)CC(=O)[C@@H]1C/C=C\CCCC(=O)O. The van der Waals surface area contributed by atoms with E-state index in [1.165, 1.54) is 0 Å². The van der Waals surface area contributed by atoms with Gasteiger partial charge in [-0.2, -0.15) is 0 Å². The molecule has 0 bridgehead atoms. The average molecular weight is 370 g/mol. The van der Waals surface area contributed by atoms with Crippen LogP contribution in [0.25, 0.3) is 0 Å². The quantitative estimate of drug-likeness (QED) is 0.381. The molecule has 26 heavy (non-hydrogen) atoms. The lowest BCUT2D eigenvalue weighted by Gasteiger charge is -2.20. The van der Waals surface area contributed by atoms with Crippen LogP contribution in [0.5, 0.6) is 0 Å². The van der Waals surface area contributed by atoms with E-state index in [0.717, 1.165) is 6.42 Å². The maximum Gasteiger partial charge on any atom is 0.303 e. The lowest BCUT2D eigenvalue weighted by molar-refractivity contribution is -0.137. The molecule has 0 spiro atoms. The maximum atomic E-state index is 13.8. The highest BCUT2D eigenvalue weighted by Crippen LogP contribution is 2.35. The summed E-state index contributed by atoms with van der Waals surface area (Å²) < 4.78 is 13.8. The van der Waals surface area contributed by atoms with E-state index in [1.807, 2.05) is 19.1 Å². The summed E-state index contributed by atoms with van der Waals surface area (Å²) in [4.78, 5) is 34.4. The number of rotatable bonds is 13. The molecule has 0 aromatic rings. The van der Waals surface area contributed by atoms with Crippen LogP contribution in [-0.4, -0.2) is 40.0 Å². The van der Waals surface area contributed by atoms with Gasteiger partial charge in [-0.15, -0.1) is 0 Å². The summed E-state index contributed by atoms with van der Waals surface area (Å²) in [5.74, 6) is -1.95. The van der Waals surface area contributed by atoms with Crippen molar-refractivity contribution in [2.24, 2.45) is 11.8 Å². The van der Waals surface area contributed by atoms with Crippen LogP contribution >= 0.6 is 0 Å². The van der Waals surface area contributed by atoms with E-state index in [-0.39, 0.29) is 43.3 Å². The molecule has 1 aliphatic carbocycles. The van der Waals surface area contributed by atoms with E-state index >= 15 is 0 Å². The first kappa shape index (κ1) is 22.5. The van der Waals surface area contributed by atoms with Crippen molar-refractivity contribution < 1.29 is 29.0 Å². The molecular formula is C20H31FO5. The molecule has 1 saturated carbocycles. The number of carboxylic acid groups (broad SMARTS) is 1. The van der Waals surface area contributed by atoms with Gasteiger partial charge in [0.25, 0.3) is 0 Å². The van der Waals surface area contributed by atoms with Crippen molar-refractivity contribution in [1.82, 2.24) is 0 Å². The maximum absolute atomic E-state index is 13.8. The minimum absolute atomic E-state index is 0.0204. The van der Waals surface area contributed by atoms with Crippen LogP contribution in [0, 0.1) is 11.8 Å². The van der Waals surface area contributed by atoms with Gasteiger partial charge in [0, 0.05) is 25.2 Å². The molecule has 6 heteroatoms. The predicted octanol–water partition coefficient (Wildman–Crippen LogP) is 3.63. The Morgan fingerprint density at radius 2 is 2.00 bits per heavy atom. The van der Waals surface area contributed by atoms with Crippen molar-refractivity contribution in [3.63, 3.8) is 0 Å². The van der Waals surface area contributed by atoms with Gasteiger partial charge in [0.05, 0.1) is 6.10 Å². The number of hydrogen-bond acceptors (Lipinski definition) is 4. The van der Waals surface area contributed by atoms with Crippen LogP contribution in [0.1, 0.15) is 71.1 Å². The molecule has 0 aromatic carbocycles. The topological polar surface area (TPSA) is 91.7 Å². The predicted molar refractivity (Wildman–Crippen MR) is 96.5 cm³/mol. The second-order valence-corrected chi connectivity index (χ2v) is 7.12. The second kappa shape index (κ2) is 11.9. The highest BCUT2D eigenvalue weighted by Gasteiger charge is 2.40. The summed E-state index contributed by atoms with van der Waals surface area (Å²) in [6.45, 7) is 1.94. The zero-order chi connectivity index (χ0) is 19.5. The van der Waals surface area contributed by atoms with E-state index in [0.29, 0.717) is 32.1 Å². The highest BCUT2D eigenvalue weighted by molar-refractivity contribution is 5.85. The number of halogens is 1. The van der Waals surface area contributed by atoms with E-state index < -0.39 is 24.0 Å². The van der Waals surface area contributed by atoms with Gasteiger partial charge < -0.3 is 10.2 Å². The number of aliphatic hydroxyl groups excluding tert-OH is 1. The number of alkyl halides is 1. The largest absolute Gasteiger partial charge is 0.481 e. The van der Waals surface area contributed by atoms with Crippen LogP contribution in [0.4, 0.5) is 4.39 Å². The molecule has 2 N–H and O–H groups in total. The van der Waals surface area contributed by atoms with Crippen LogP contribution < -0.4 is 0 Å². The van der Waals surface area contributed by atoms with Crippen LogP contribution in [0.3, 0.4) is 0 Å². The summed E-state index contributed by atoms with van der Waals surface area (Å²) in [5, 5.41) is 18.7. The number of allylic oxidation sites excluding steroid dienone is 2. The number of carboxylic acids is 1. The van der Waals surface area contributed by atoms with Crippen LogP contribution in [-0.2, 0) is 14.4 Å². The third-order valence-corrected chi connectivity index (χ3v) is 5.04. The Morgan fingerprint density at radius 3 is 2.65 bits per heavy atom. The van der Waals surface area contributed by atoms with Gasteiger partial charge in [0.2, 0.25) is 0 Å². The monoisotopic (exact) mass is 370 g/mol. The minimum Gasteiger partial charge on any atom is -0.481 e. The zero-order valence-corrected chi connectivity index (χ0v) is 15.5. The number of unbranched alkanes of at least 4 members (excludes halogenated alkanes) is 2. The van der Waals surface area contributed by atoms with E-state index in [9.17, 15) is 23.9 Å². The number of hydrogen-bond donors (Lipinski definition) is 2. The smallest absolute Gasteiger partial charge is 0.303 e. The third kappa shape index (κ3) is 7.77. The van der Waals surface area contributed by atoms with Crippen LogP contribution in [0.2, 0.25) is 0 Å². The molecule has 0 heterocycles. The summed E-state index contributed by atoms with van der Waals surface area (Å²) in [5.41, 5.74) is 0. The summed E-state index contributed by atoms with van der Waals surface area (Å²) >= 11 is 0. The molecule has 1 fully saturated rings.